The Balaban J connectivity index is 1.55. The van der Waals surface area contributed by atoms with E-state index < -0.39 is 10.0 Å². The van der Waals surface area contributed by atoms with Gasteiger partial charge in [-0.2, -0.15) is 4.31 Å². The molecule has 2 saturated heterocycles. The number of carbonyl (C=O) groups is 1. The van der Waals surface area contributed by atoms with E-state index in [4.69, 9.17) is 4.74 Å². The van der Waals surface area contributed by atoms with Crippen molar-refractivity contribution >= 4 is 15.9 Å². The topological polar surface area (TPSA) is 70.2 Å². The van der Waals surface area contributed by atoms with Gasteiger partial charge in [0, 0.05) is 39.3 Å². The normalized spacial score (nSPS) is 24.9. The Bertz CT molecular complexity index is 763. The highest BCUT2D eigenvalue weighted by Crippen LogP contribution is 2.22. The van der Waals surface area contributed by atoms with Crippen LogP contribution in [-0.4, -0.2) is 81.4 Å². The van der Waals surface area contributed by atoms with Gasteiger partial charge in [0.1, 0.15) is 5.75 Å². The molecule has 8 heteroatoms. The highest BCUT2D eigenvalue weighted by Gasteiger charge is 2.31. The number of carbonyl (C=O) groups excluding carboxylic acids is 1. The summed E-state index contributed by atoms with van der Waals surface area (Å²) in [6.45, 7) is 8.34. The van der Waals surface area contributed by atoms with E-state index in [0.717, 1.165) is 13.1 Å². The molecule has 0 unspecified atom stereocenters. The molecule has 0 aromatic heterocycles. The Morgan fingerprint density at radius 1 is 1.04 bits per heavy atom. The van der Waals surface area contributed by atoms with Gasteiger partial charge in [-0.3, -0.25) is 9.69 Å². The molecule has 7 nitrogen and oxygen atoms in total. The van der Waals surface area contributed by atoms with E-state index in [0.29, 0.717) is 50.3 Å². The number of piperazine rings is 1. The van der Waals surface area contributed by atoms with Crippen LogP contribution >= 0.6 is 0 Å². The summed E-state index contributed by atoms with van der Waals surface area (Å²) in [4.78, 5) is 17.0. The van der Waals surface area contributed by atoms with Crippen LogP contribution in [0.2, 0.25) is 0 Å². The lowest BCUT2D eigenvalue weighted by molar-refractivity contribution is -0.134. The molecular formula is C20H31N3O4S. The van der Waals surface area contributed by atoms with E-state index in [-0.39, 0.29) is 10.8 Å². The van der Waals surface area contributed by atoms with Gasteiger partial charge in [0.2, 0.25) is 15.9 Å². The molecular weight excluding hydrogens is 378 g/mol. The number of ether oxygens (including phenoxy) is 1. The fraction of sp³-hybridized carbons (Fsp3) is 0.650. The molecule has 1 aromatic rings. The third-order valence-corrected chi connectivity index (χ3v) is 7.50. The number of amides is 1. The predicted molar refractivity (Wildman–Crippen MR) is 108 cm³/mol. The lowest BCUT2D eigenvalue weighted by Crippen LogP contribution is -2.53. The van der Waals surface area contributed by atoms with Crippen LogP contribution in [0.5, 0.6) is 5.75 Å². The van der Waals surface area contributed by atoms with E-state index in [1.165, 1.54) is 10.7 Å². The summed E-state index contributed by atoms with van der Waals surface area (Å²) in [7, 11) is -2.00. The van der Waals surface area contributed by atoms with Gasteiger partial charge in [-0.1, -0.05) is 13.8 Å². The van der Waals surface area contributed by atoms with Crippen LogP contribution in [0.15, 0.2) is 29.2 Å². The van der Waals surface area contributed by atoms with Gasteiger partial charge in [0.05, 0.1) is 18.6 Å². The molecule has 2 aliphatic rings. The first-order valence-electron chi connectivity index (χ1n) is 9.94. The van der Waals surface area contributed by atoms with Crippen molar-refractivity contribution in [3.8, 4) is 5.75 Å². The number of nitrogens with zero attached hydrogens (tertiary/aromatic N) is 3. The summed E-state index contributed by atoms with van der Waals surface area (Å²) in [6.07, 6.45) is 1.21. The minimum atomic E-state index is -3.55. The minimum absolute atomic E-state index is 0.0998. The van der Waals surface area contributed by atoms with Crippen molar-refractivity contribution in [2.75, 3.05) is 52.9 Å². The van der Waals surface area contributed by atoms with E-state index in [1.54, 1.807) is 36.3 Å². The molecule has 28 heavy (non-hydrogen) atoms. The maximum atomic E-state index is 12.8. The number of sulfonamides is 1. The van der Waals surface area contributed by atoms with Crippen molar-refractivity contribution in [2.24, 2.45) is 11.8 Å². The summed E-state index contributed by atoms with van der Waals surface area (Å²) in [5.41, 5.74) is 0. The number of benzene rings is 1. The SMILES string of the molecule is COc1ccc(S(=O)(=O)N2CCN(C(=O)CN3C[C@@H](C)C[C@H](C)C3)CC2)cc1. The summed E-state index contributed by atoms with van der Waals surface area (Å²) in [5, 5.41) is 0. The zero-order valence-corrected chi connectivity index (χ0v) is 17.8. The van der Waals surface area contributed by atoms with Gasteiger partial charge in [-0.15, -0.1) is 0 Å². The standard InChI is InChI=1S/C20H31N3O4S/c1-16-12-17(2)14-21(13-16)15-20(24)22-8-10-23(11-9-22)28(25,26)19-6-4-18(27-3)5-7-19/h4-7,16-17H,8-15H2,1-3H3/t16-,17-/m0/s1. The zero-order chi connectivity index (χ0) is 20.3. The van der Waals surface area contributed by atoms with Crippen molar-refractivity contribution in [1.82, 2.24) is 14.1 Å². The van der Waals surface area contributed by atoms with Crippen molar-refractivity contribution in [3.05, 3.63) is 24.3 Å². The van der Waals surface area contributed by atoms with Gasteiger partial charge in [0.25, 0.3) is 0 Å². The second-order valence-corrected chi connectivity index (χ2v) is 10.0. The average molecular weight is 410 g/mol. The monoisotopic (exact) mass is 409 g/mol. The molecule has 2 fully saturated rings. The van der Waals surface area contributed by atoms with Crippen molar-refractivity contribution in [2.45, 2.75) is 25.2 Å². The van der Waals surface area contributed by atoms with Crippen LogP contribution < -0.4 is 4.74 Å². The second-order valence-electron chi connectivity index (χ2n) is 8.10. The molecule has 0 N–H and O–H groups in total. The highest BCUT2D eigenvalue weighted by atomic mass is 32.2. The molecule has 0 radical (unpaired) electrons. The molecule has 0 saturated carbocycles. The van der Waals surface area contributed by atoms with Crippen LogP contribution in [-0.2, 0) is 14.8 Å². The van der Waals surface area contributed by atoms with E-state index in [2.05, 4.69) is 18.7 Å². The van der Waals surface area contributed by atoms with Crippen molar-refractivity contribution in [1.29, 1.82) is 0 Å². The number of hydrogen-bond acceptors (Lipinski definition) is 5. The number of piperidine rings is 1. The van der Waals surface area contributed by atoms with Crippen LogP contribution in [0.4, 0.5) is 0 Å². The summed E-state index contributed by atoms with van der Waals surface area (Å²) >= 11 is 0. The summed E-state index contributed by atoms with van der Waals surface area (Å²) in [6, 6.07) is 6.41. The highest BCUT2D eigenvalue weighted by molar-refractivity contribution is 7.89. The minimum Gasteiger partial charge on any atom is -0.497 e. The summed E-state index contributed by atoms with van der Waals surface area (Å²) in [5.74, 6) is 1.95. The molecule has 156 valence electrons. The predicted octanol–water partition coefficient (Wildman–Crippen LogP) is 1.51. The van der Waals surface area contributed by atoms with Gasteiger partial charge in [-0.05, 0) is 42.5 Å². The Kier molecular flexibility index (Phi) is 6.62. The lowest BCUT2D eigenvalue weighted by Gasteiger charge is -2.38. The van der Waals surface area contributed by atoms with Crippen LogP contribution in [0.3, 0.4) is 0 Å². The Morgan fingerprint density at radius 3 is 2.14 bits per heavy atom. The van der Waals surface area contributed by atoms with Gasteiger partial charge >= 0.3 is 0 Å². The number of methoxy groups -OCH3 is 1. The fourth-order valence-electron chi connectivity index (χ4n) is 4.29. The van der Waals surface area contributed by atoms with Crippen molar-refractivity contribution in [3.63, 3.8) is 0 Å². The number of rotatable bonds is 5. The molecule has 1 amide bonds. The van der Waals surface area contributed by atoms with Crippen LogP contribution in [0, 0.1) is 11.8 Å². The Morgan fingerprint density at radius 2 is 1.61 bits per heavy atom. The van der Waals surface area contributed by atoms with Gasteiger partial charge < -0.3 is 9.64 Å². The Hall–Kier alpha value is -1.64. The second kappa shape index (κ2) is 8.80. The largest absolute Gasteiger partial charge is 0.497 e. The molecule has 0 aliphatic carbocycles. The van der Waals surface area contributed by atoms with E-state index in [9.17, 15) is 13.2 Å². The summed E-state index contributed by atoms with van der Waals surface area (Å²) < 4.78 is 32.2. The average Bonchev–Trinajstić information content (AvgIpc) is 2.67. The first-order chi connectivity index (χ1) is 13.3. The Labute approximate surface area is 168 Å². The first-order valence-corrected chi connectivity index (χ1v) is 11.4. The zero-order valence-electron chi connectivity index (χ0n) is 17.0. The molecule has 0 spiro atoms. The molecule has 2 atom stereocenters. The van der Waals surface area contributed by atoms with Crippen LogP contribution in [0.1, 0.15) is 20.3 Å². The third kappa shape index (κ3) is 4.85. The maximum absolute atomic E-state index is 12.8. The number of likely N-dealkylation sites (tertiary alicyclic amines) is 1. The lowest BCUT2D eigenvalue weighted by atomic mass is 9.92. The van der Waals surface area contributed by atoms with Gasteiger partial charge in [0.15, 0.2) is 0 Å². The first kappa shape index (κ1) is 21.1. The van der Waals surface area contributed by atoms with E-state index >= 15 is 0 Å². The third-order valence-electron chi connectivity index (χ3n) is 5.59. The van der Waals surface area contributed by atoms with E-state index in [1.807, 2.05) is 0 Å². The maximum Gasteiger partial charge on any atom is 0.243 e. The quantitative estimate of drug-likeness (QED) is 0.737. The molecule has 1 aromatic carbocycles. The van der Waals surface area contributed by atoms with Crippen LogP contribution in [0.25, 0.3) is 0 Å². The fourth-order valence-corrected chi connectivity index (χ4v) is 5.71. The molecule has 3 rings (SSSR count). The smallest absolute Gasteiger partial charge is 0.243 e. The van der Waals surface area contributed by atoms with Crippen molar-refractivity contribution < 1.29 is 17.9 Å². The number of hydrogen-bond donors (Lipinski definition) is 0. The molecule has 2 heterocycles. The molecule has 2 aliphatic heterocycles. The van der Waals surface area contributed by atoms with Gasteiger partial charge in [-0.25, -0.2) is 8.42 Å². The molecule has 0 bridgehead atoms.